The molecular weight excluding hydrogens is 404 g/mol. The molecule has 0 amide bonds. The van der Waals surface area contributed by atoms with E-state index in [-0.39, 0.29) is 39.6 Å². The lowest BCUT2D eigenvalue weighted by atomic mass is 10.1. The second-order valence-corrected chi connectivity index (χ2v) is 7.31. The predicted octanol–water partition coefficient (Wildman–Crippen LogP) is 1.55. The van der Waals surface area contributed by atoms with Crippen molar-refractivity contribution >= 4 is 0 Å². The van der Waals surface area contributed by atoms with Crippen LogP contribution in [0.25, 0.3) is 0 Å². The fraction of sp³-hybridized carbons (Fsp3) is 0.739. The number of benzene rings is 1. The number of ether oxygens (including phenoxy) is 5. The van der Waals surface area contributed by atoms with Crippen LogP contribution < -0.4 is 0 Å². The number of aliphatic hydroxyl groups is 3. The molecule has 0 aliphatic rings. The third-order valence-corrected chi connectivity index (χ3v) is 4.39. The van der Waals surface area contributed by atoms with Crippen molar-refractivity contribution in [2.75, 3.05) is 72.7 Å². The van der Waals surface area contributed by atoms with Gasteiger partial charge in [0.15, 0.2) is 0 Å². The van der Waals surface area contributed by atoms with Crippen LogP contribution in [0.3, 0.4) is 0 Å². The second kappa shape index (κ2) is 19.6. The van der Waals surface area contributed by atoms with Crippen LogP contribution >= 0.6 is 0 Å². The molecule has 0 aliphatic carbocycles. The highest BCUT2D eigenvalue weighted by atomic mass is 16.6. The molecule has 0 spiro atoms. The van der Waals surface area contributed by atoms with Crippen LogP contribution in [0.2, 0.25) is 0 Å². The van der Waals surface area contributed by atoms with Gasteiger partial charge in [-0.05, 0) is 31.2 Å². The molecule has 8 heteroatoms. The first kappa shape index (κ1) is 27.9. The van der Waals surface area contributed by atoms with Crippen molar-refractivity contribution in [2.24, 2.45) is 0 Å². The zero-order valence-corrected chi connectivity index (χ0v) is 18.6. The van der Waals surface area contributed by atoms with Crippen LogP contribution in [0.5, 0.6) is 0 Å². The average molecular weight is 445 g/mol. The van der Waals surface area contributed by atoms with Crippen molar-refractivity contribution in [1.29, 1.82) is 0 Å². The summed E-state index contributed by atoms with van der Waals surface area (Å²) in [7, 11) is 0. The van der Waals surface area contributed by atoms with Crippen molar-refractivity contribution in [1.82, 2.24) is 0 Å². The van der Waals surface area contributed by atoms with E-state index in [4.69, 9.17) is 39.0 Å². The molecule has 0 fully saturated rings. The van der Waals surface area contributed by atoms with Crippen molar-refractivity contribution in [2.45, 2.75) is 37.9 Å². The molecule has 0 heterocycles. The van der Waals surface area contributed by atoms with Crippen molar-refractivity contribution in [3.8, 4) is 0 Å². The standard InChI is InChI=1S/C23H40O8/c24-10-4-13-28-19-23(31-17-6-12-26,20-29-14-5-11-25)21-30-16-7-15-27-18-22-8-2-1-3-9-22/h1-3,8-9,24-26H,4-7,10-21H2. The Kier molecular flexibility index (Phi) is 17.6. The Morgan fingerprint density at radius 2 is 1.06 bits per heavy atom. The molecule has 0 aromatic heterocycles. The van der Waals surface area contributed by atoms with Gasteiger partial charge in [-0.3, -0.25) is 0 Å². The first-order valence-electron chi connectivity index (χ1n) is 11.1. The predicted molar refractivity (Wildman–Crippen MR) is 117 cm³/mol. The first-order valence-corrected chi connectivity index (χ1v) is 11.1. The minimum atomic E-state index is -0.815. The highest BCUT2D eigenvalue weighted by Crippen LogP contribution is 2.16. The second-order valence-electron chi connectivity index (χ2n) is 7.31. The quantitative estimate of drug-likeness (QED) is 0.231. The summed E-state index contributed by atoms with van der Waals surface area (Å²) in [5.74, 6) is 0. The van der Waals surface area contributed by atoms with E-state index in [9.17, 15) is 0 Å². The zero-order chi connectivity index (χ0) is 22.5. The first-order chi connectivity index (χ1) is 15.3. The molecule has 1 rings (SSSR count). The maximum absolute atomic E-state index is 9.09. The Labute approximate surface area is 186 Å². The minimum absolute atomic E-state index is 0.0342. The van der Waals surface area contributed by atoms with Crippen LogP contribution in [0.15, 0.2) is 30.3 Å². The van der Waals surface area contributed by atoms with Crippen LogP contribution in [-0.4, -0.2) is 93.6 Å². The van der Waals surface area contributed by atoms with Gasteiger partial charge in [0.25, 0.3) is 0 Å². The molecule has 180 valence electrons. The van der Waals surface area contributed by atoms with E-state index in [2.05, 4.69) is 0 Å². The van der Waals surface area contributed by atoms with Crippen LogP contribution in [0.1, 0.15) is 31.2 Å². The van der Waals surface area contributed by atoms with Gasteiger partial charge in [-0.25, -0.2) is 0 Å². The van der Waals surface area contributed by atoms with E-state index in [0.29, 0.717) is 58.9 Å². The lowest BCUT2D eigenvalue weighted by Crippen LogP contribution is -2.48. The summed E-state index contributed by atoms with van der Waals surface area (Å²) in [5.41, 5.74) is 0.324. The van der Waals surface area contributed by atoms with Gasteiger partial charge in [0.1, 0.15) is 5.60 Å². The van der Waals surface area contributed by atoms with Gasteiger partial charge in [0.05, 0.1) is 26.4 Å². The van der Waals surface area contributed by atoms with Gasteiger partial charge in [0, 0.05) is 52.9 Å². The molecule has 0 atom stereocenters. The van der Waals surface area contributed by atoms with Crippen molar-refractivity contribution in [3.63, 3.8) is 0 Å². The van der Waals surface area contributed by atoms with Crippen LogP contribution in [0.4, 0.5) is 0 Å². The van der Waals surface area contributed by atoms with Gasteiger partial charge in [-0.1, -0.05) is 30.3 Å². The molecular formula is C23H40O8. The van der Waals surface area contributed by atoms with Gasteiger partial charge in [-0.15, -0.1) is 0 Å². The maximum atomic E-state index is 9.09. The van der Waals surface area contributed by atoms with Crippen molar-refractivity contribution < 1.29 is 39.0 Å². The lowest BCUT2D eigenvalue weighted by molar-refractivity contribution is -0.169. The Balaban J connectivity index is 2.43. The van der Waals surface area contributed by atoms with Gasteiger partial charge in [0.2, 0.25) is 0 Å². The SMILES string of the molecule is OCCCOCC(COCCCO)(COCCCOCc1ccccc1)OCCCO. The summed E-state index contributed by atoms with van der Waals surface area (Å²) in [6, 6.07) is 10.0. The van der Waals surface area contributed by atoms with E-state index >= 15 is 0 Å². The smallest absolute Gasteiger partial charge is 0.138 e. The Hall–Kier alpha value is -1.10. The van der Waals surface area contributed by atoms with E-state index in [1.54, 1.807) is 0 Å². The molecule has 0 saturated carbocycles. The summed E-state index contributed by atoms with van der Waals surface area (Å²) in [5, 5.41) is 27.0. The summed E-state index contributed by atoms with van der Waals surface area (Å²) < 4.78 is 29.0. The van der Waals surface area contributed by atoms with Gasteiger partial charge >= 0.3 is 0 Å². The fourth-order valence-electron chi connectivity index (χ4n) is 2.74. The van der Waals surface area contributed by atoms with E-state index in [1.165, 1.54) is 0 Å². The van der Waals surface area contributed by atoms with Crippen LogP contribution in [-0.2, 0) is 30.3 Å². The number of aliphatic hydroxyl groups excluding tert-OH is 3. The molecule has 0 radical (unpaired) electrons. The van der Waals surface area contributed by atoms with E-state index < -0.39 is 5.60 Å². The fourth-order valence-corrected chi connectivity index (χ4v) is 2.74. The topological polar surface area (TPSA) is 107 Å². The summed E-state index contributed by atoms with van der Waals surface area (Å²) >= 11 is 0. The van der Waals surface area contributed by atoms with Crippen LogP contribution in [0, 0.1) is 0 Å². The Morgan fingerprint density at radius 3 is 1.61 bits per heavy atom. The van der Waals surface area contributed by atoms with Gasteiger partial charge in [-0.2, -0.15) is 0 Å². The number of hydrogen-bond acceptors (Lipinski definition) is 8. The minimum Gasteiger partial charge on any atom is -0.396 e. The highest BCUT2D eigenvalue weighted by Gasteiger charge is 2.33. The zero-order valence-electron chi connectivity index (χ0n) is 18.6. The molecule has 8 nitrogen and oxygen atoms in total. The van der Waals surface area contributed by atoms with Gasteiger partial charge < -0.3 is 39.0 Å². The Morgan fingerprint density at radius 1 is 0.581 bits per heavy atom. The summed E-state index contributed by atoms with van der Waals surface area (Å²) in [4.78, 5) is 0. The normalized spacial score (nSPS) is 11.8. The molecule has 0 bridgehead atoms. The monoisotopic (exact) mass is 444 g/mol. The molecule has 0 aliphatic heterocycles. The molecule has 31 heavy (non-hydrogen) atoms. The Bertz CT molecular complexity index is 488. The molecule has 1 aromatic carbocycles. The number of hydrogen-bond donors (Lipinski definition) is 3. The highest BCUT2D eigenvalue weighted by molar-refractivity contribution is 5.13. The average Bonchev–Trinajstić information content (AvgIpc) is 2.80. The largest absolute Gasteiger partial charge is 0.396 e. The van der Waals surface area contributed by atoms with E-state index in [0.717, 1.165) is 12.0 Å². The maximum Gasteiger partial charge on any atom is 0.138 e. The summed E-state index contributed by atoms with van der Waals surface area (Å²) in [6.07, 6.45) is 2.33. The molecule has 3 N–H and O–H groups in total. The lowest BCUT2D eigenvalue weighted by Gasteiger charge is -2.33. The summed E-state index contributed by atoms with van der Waals surface area (Å²) in [6.45, 7) is 3.78. The number of rotatable bonds is 22. The molecule has 0 saturated heterocycles. The van der Waals surface area contributed by atoms with Crippen molar-refractivity contribution in [3.05, 3.63) is 35.9 Å². The molecule has 1 aromatic rings. The third-order valence-electron chi connectivity index (χ3n) is 4.39. The third kappa shape index (κ3) is 14.6. The van der Waals surface area contributed by atoms with E-state index in [1.807, 2.05) is 30.3 Å². The molecule has 0 unspecified atom stereocenters.